The molecule has 2 N–H and O–H groups in total. The van der Waals surface area contributed by atoms with Crippen molar-refractivity contribution in [3.63, 3.8) is 0 Å². The lowest BCUT2D eigenvalue weighted by Crippen LogP contribution is -2.29. The van der Waals surface area contributed by atoms with Crippen molar-refractivity contribution >= 4 is 21.8 Å². The van der Waals surface area contributed by atoms with Crippen LogP contribution in [0, 0.1) is 6.92 Å². The summed E-state index contributed by atoms with van der Waals surface area (Å²) in [7, 11) is 0. The number of carbonyl (C=O) groups is 1. The molecule has 1 aromatic heterocycles. The number of benzene rings is 1. The van der Waals surface area contributed by atoms with Gasteiger partial charge in [0, 0.05) is 6.54 Å². The first kappa shape index (κ1) is 14.7. The van der Waals surface area contributed by atoms with Crippen LogP contribution in [-0.4, -0.2) is 22.5 Å². The summed E-state index contributed by atoms with van der Waals surface area (Å²) in [5, 5.41) is 12.7. The highest BCUT2D eigenvalue weighted by Crippen LogP contribution is 2.13. The van der Waals surface area contributed by atoms with E-state index in [0.29, 0.717) is 10.3 Å². The second-order valence-electron chi connectivity index (χ2n) is 4.49. The van der Waals surface area contributed by atoms with Crippen LogP contribution in [0.15, 0.2) is 47.1 Å². The zero-order valence-electron chi connectivity index (χ0n) is 11.0. The maximum Gasteiger partial charge on any atom is 0.270 e. The SMILES string of the molecule is Cc1cccc(C(O)CNC(=O)c2cccc(Br)n2)c1. The van der Waals surface area contributed by atoms with Gasteiger partial charge in [0.25, 0.3) is 5.91 Å². The van der Waals surface area contributed by atoms with E-state index in [1.807, 2.05) is 31.2 Å². The third-order valence-electron chi connectivity index (χ3n) is 2.83. The molecular weight excluding hydrogens is 320 g/mol. The second-order valence-corrected chi connectivity index (χ2v) is 5.30. The predicted octanol–water partition coefficient (Wildman–Crippen LogP) is 2.62. The van der Waals surface area contributed by atoms with Crippen LogP contribution in [0.3, 0.4) is 0 Å². The van der Waals surface area contributed by atoms with E-state index in [-0.39, 0.29) is 12.5 Å². The number of aliphatic hydroxyl groups is 1. The summed E-state index contributed by atoms with van der Waals surface area (Å²) in [6.07, 6.45) is -0.731. The van der Waals surface area contributed by atoms with E-state index in [0.717, 1.165) is 11.1 Å². The van der Waals surface area contributed by atoms with E-state index in [9.17, 15) is 9.90 Å². The minimum atomic E-state index is -0.731. The fourth-order valence-electron chi connectivity index (χ4n) is 1.81. The molecule has 1 unspecified atom stereocenters. The molecule has 4 nitrogen and oxygen atoms in total. The molecule has 0 saturated heterocycles. The molecule has 5 heteroatoms. The molecule has 0 aliphatic rings. The van der Waals surface area contributed by atoms with E-state index in [4.69, 9.17) is 0 Å². The number of hydrogen-bond donors (Lipinski definition) is 2. The quantitative estimate of drug-likeness (QED) is 0.845. The number of nitrogens with one attached hydrogen (secondary N) is 1. The van der Waals surface area contributed by atoms with Gasteiger partial charge in [-0.05, 0) is 40.5 Å². The Morgan fingerprint density at radius 2 is 2.10 bits per heavy atom. The summed E-state index contributed by atoms with van der Waals surface area (Å²) in [5.74, 6) is -0.307. The Kier molecular flexibility index (Phi) is 4.87. The van der Waals surface area contributed by atoms with Crippen LogP contribution in [0.4, 0.5) is 0 Å². The Morgan fingerprint density at radius 3 is 2.80 bits per heavy atom. The number of aryl methyl sites for hydroxylation is 1. The van der Waals surface area contributed by atoms with Gasteiger partial charge in [-0.25, -0.2) is 4.98 Å². The normalized spacial score (nSPS) is 11.9. The fourth-order valence-corrected chi connectivity index (χ4v) is 2.15. The molecule has 1 heterocycles. The maximum absolute atomic E-state index is 11.9. The van der Waals surface area contributed by atoms with Gasteiger partial charge in [-0.15, -0.1) is 0 Å². The molecule has 1 aromatic carbocycles. The first-order chi connectivity index (χ1) is 9.56. The minimum absolute atomic E-state index is 0.149. The monoisotopic (exact) mass is 334 g/mol. The molecule has 0 bridgehead atoms. The van der Waals surface area contributed by atoms with Gasteiger partial charge in [-0.2, -0.15) is 0 Å². The topological polar surface area (TPSA) is 62.2 Å². The number of aromatic nitrogens is 1. The largest absolute Gasteiger partial charge is 0.387 e. The van der Waals surface area contributed by atoms with Crippen LogP contribution in [0.1, 0.15) is 27.7 Å². The van der Waals surface area contributed by atoms with E-state index in [2.05, 4.69) is 26.2 Å². The van der Waals surface area contributed by atoms with Crippen molar-refractivity contribution in [2.75, 3.05) is 6.54 Å². The Bertz CT molecular complexity index is 616. The standard InChI is InChI=1S/C15H15BrN2O2/c1-10-4-2-5-11(8-10)13(19)9-17-15(20)12-6-3-7-14(16)18-12/h2-8,13,19H,9H2,1H3,(H,17,20). The molecule has 0 saturated carbocycles. The van der Waals surface area contributed by atoms with Crippen molar-refractivity contribution in [3.05, 3.63) is 63.9 Å². The zero-order chi connectivity index (χ0) is 14.5. The summed E-state index contributed by atoms with van der Waals surface area (Å²) in [6.45, 7) is 2.11. The highest BCUT2D eigenvalue weighted by Gasteiger charge is 2.12. The molecular formula is C15H15BrN2O2. The summed E-state index contributed by atoms with van der Waals surface area (Å²) in [4.78, 5) is 16.0. The minimum Gasteiger partial charge on any atom is -0.387 e. The molecule has 0 aliphatic heterocycles. The van der Waals surface area contributed by atoms with E-state index in [1.165, 1.54) is 0 Å². The third kappa shape index (κ3) is 3.88. The van der Waals surface area contributed by atoms with Crippen molar-refractivity contribution in [2.45, 2.75) is 13.0 Å². The number of carbonyl (C=O) groups excluding carboxylic acids is 1. The van der Waals surface area contributed by atoms with Crippen molar-refractivity contribution < 1.29 is 9.90 Å². The molecule has 1 atom stereocenters. The van der Waals surface area contributed by atoms with Crippen molar-refractivity contribution in [3.8, 4) is 0 Å². The molecule has 0 aliphatic carbocycles. The lowest BCUT2D eigenvalue weighted by atomic mass is 10.1. The molecule has 2 rings (SSSR count). The first-order valence-electron chi connectivity index (χ1n) is 6.21. The lowest BCUT2D eigenvalue weighted by Gasteiger charge is -2.12. The lowest BCUT2D eigenvalue weighted by molar-refractivity contribution is 0.0911. The van der Waals surface area contributed by atoms with Gasteiger partial charge in [0.2, 0.25) is 0 Å². The molecule has 2 aromatic rings. The summed E-state index contributed by atoms with van der Waals surface area (Å²) >= 11 is 3.21. The fraction of sp³-hybridized carbons (Fsp3) is 0.200. The van der Waals surface area contributed by atoms with Crippen LogP contribution in [-0.2, 0) is 0 Å². The maximum atomic E-state index is 11.9. The third-order valence-corrected chi connectivity index (χ3v) is 3.27. The van der Waals surface area contributed by atoms with Crippen LogP contribution < -0.4 is 5.32 Å². The van der Waals surface area contributed by atoms with Gasteiger partial charge < -0.3 is 10.4 Å². The van der Waals surface area contributed by atoms with E-state index >= 15 is 0 Å². The first-order valence-corrected chi connectivity index (χ1v) is 7.01. The molecule has 0 fully saturated rings. The number of aliphatic hydroxyl groups excluding tert-OH is 1. The Morgan fingerprint density at radius 1 is 1.35 bits per heavy atom. The van der Waals surface area contributed by atoms with Gasteiger partial charge in [0.15, 0.2) is 0 Å². The molecule has 0 radical (unpaired) electrons. The molecule has 0 spiro atoms. The smallest absolute Gasteiger partial charge is 0.270 e. The highest BCUT2D eigenvalue weighted by molar-refractivity contribution is 9.10. The zero-order valence-corrected chi connectivity index (χ0v) is 12.6. The van der Waals surface area contributed by atoms with Gasteiger partial charge in [-0.1, -0.05) is 35.9 Å². The van der Waals surface area contributed by atoms with Gasteiger partial charge in [0.1, 0.15) is 10.3 Å². The van der Waals surface area contributed by atoms with Crippen molar-refractivity contribution in [1.29, 1.82) is 0 Å². The molecule has 104 valence electrons. The van der Waals surface area contributed by atoms with Gasteiger partial charge in [-0.3, -0.25) is 4.79 Å². The number of rotatable bonds is 4. The summed E-state index contributed by atoms with van der Waals surface area (Å²) in [5.41, 5.74) is 2.17. The van der Waals surface area contributed by atoms with Crippen LogP contribution in [0.5, 0.6) is 0 Å². The average Bonchev–Trinajstić information content (AvgIpc) is 2.44. The van der Waals surface area contributed by atoms with Crippen LogP contribution in [0.25, 0.3) is 0 Å². The van der Waals surface area contributed by atoms with Crippen molar-refractivity contribution in [2.24, 2.45) is 0 Å². The van der Waals surface area contributed by atoms with E-state index < -0.39 is 6.10 Å². The van der Waals surface area contributed by atoms with Crippen molar-refractivity contribution in [1.82, 2.24) is 10.3 Å². The highest BCUT2D eigenvalue weighted by atomic mass is 79.9. The molecule has 20 heavy (non-hydrogen) atoms. The Labute approximate surface area is 126 Å². The van der Waals surface area contributed by atoms with Gasteiger partial charge in [0.05, 0.1) is 6.10 Å². The summed E-state index contributed by atoms with van der Waals surface area (Å²) in [6, 6.07) is 12.7. The van der Waals surface area contributed by atoms with Gasteiger partial charge >= 0.3 is 0 Å². The van der Waals surface area contributed by atoms with Crippen LogP contribution >= 0.6 is 15.9 Å². The molecule has 1 amide bonds. The number of pyridine rings is 1. The number of nitrogens with zero attached hydrogens (tertiary/aromatic N) is 1. The Hall–Kier alpha value is -1.72. The van der Waals surface area contributed by atoms with E-state index in [1.54, 1.807) is 18.2 Å². The van der Waals surface area contributed by atoms with Crippen LogP contribution in [0.2, 0.25) is 0 Å². The average molecular weight is 335 g/mol. The second kappa shape index (κ2) is 6.63. The summed E-state index contributed by atoms with van der Waals surface area (Å²) < 4.78 is 0.601. The Balaban J connectivity index is 1.96. The number of amides is 1. The predicted molar refractivity (Wildman–Crippen MR) is 80.4 cm³/mol. The number of hydrogen-bond acceptors (Lipinski definition) is 3. The number of halogens is 1.